The highest BCUT2D eigenvalue weighted by Crippen LogP contribution is 2.42. The van der Waals surface area contributed by atoms with E-state index in [0.29, 0.717) is 33.6 Å². The maximum atomic E-state index is 10.1. The molecule has 0 saturated carbocycles. The van der Waals surface area contributed by atoms with Crippen LogP contribution in [0.1, 0.15) is 89.1 Å². The number of benzene rings is 8. The zero-order valence-electron chi connectivity index (χ0n) is 46.3. The van der Waals surface area contributed by atoms with Crippen LogP contribution in [0, 0.1) is 22.7 Å². The summed E-state index contributed by atoms with van der Waals surface area (Å²) in [5.41, 5.74) is 17.1. The minimum absolute atomic E-state index is 0.0626. The second-order valence-corrected chi connectivity index (χ2v) is 24.5. The summed E-state index contributed by atoms with van der Waals surface area (Å²) in [6.45, 7) is 17.5. The van der Waals surface area contributed by atoms with Gasteiger partial charge in [0.05, 0.1) is 56.7 Å². The molecule has 390 valence electrons. The number of ether oxygens (including phenoxy) is 2. The topological polar surface area (TPSA) is 102 Å². The van der Waals surface area contributed by atoms with Gasteiger partial charge in [-0.3, -0.25) is 9.13 Å². The molecule has 0 saturated heterocycles. The molecule has 0 bridgehead atoms. The Morgan fingerprint density at radius 1 is 0.469 bits per heavy atom. The van der Waals surface area contributed by atoms with Crippen molar-refractivity contribution in [3.8, 4) is 80.4 Å². The van der Waals surface area contributed by atoms with E-state index < -0.39 is 0 Å². The normalized spacial score (nSPS) is 12.8. The first-order chi connectivity index (χ1) is 39.0. The minimum Gasteiger partial charge on any atom is -0.458 e. The molecule has 4 aromatic heterocycles. The molecule has 0 radical (unpaired) electrons. The van der Waals surface area contributed by atoms with Crippen LogP contribution in [0.2, 0.25) is 5.02 Å². The molecule has 10 heteroatoms. The SMILES string of the molecule is CC(C)c1ccc(-c2cc(-c3ccc4c(c3)B3c5cc(-c6cccc(-n7c8ccc(C#N)cc8c8cc(C(C)(C)C)ccc87)n6)ccc5Oc5cc(Cl)cc(c53)O4)nc(-n3c4ccc(C#N)cc4c4cc(C(C)(C)C)ccc43)c2)cc1. The lowest BCUT2D eigenvalue weighted by atomic mass is 9.34. The monoisotopic (exact) mass is 1070 g/mol. The van der Waals surface area contributed by atoms with E-state index in [1.807, 2.05) is 54.6 Å². The van der Waals surface area contributed by atoms with Crippen molar-refractivity contribution >= 4 is 78.3 Å². The van der Waals surface area contributed by atoms with Gasteiger partial charge in [-0.1, -0.05) is 122 Å². The fourth-order valence-corrected chi connectivity index (χ4v) is 12.3. The first-order valence-corrected chi connectivity index (χ1v) is 27.9. The van der Waals surface area contributed by atoms with Crippen molar-refractivity contribution in [2.24, 2.45) is 0 Å². The Bertz CT molecular complexity index is 4740. The Labute approximate surface area is 476 Å². The molecule has 8 nitrogen and oxygen atoms in total. The molecule has 0 spiro atoms. The van der Waals surface area contributed by atoms with Crippen molar-refractivity contribution in [2.75, 3.05) is 0 Å². The second kappa shape index (κ2) is 18.3. The van der Waals surface area contributed by atoms with E-state index in [1.165, 1.54) is 16.7 Å². The quantitative estimate of drug-likeness (QED) is 0.154. The van der Waals surface area contributed by atoms with Gasteiger partial charge in [0.15, 0.2) is 0 Å². The number of fused-ring (bicyclic) bond motifs is 10. The lowest BCUT2D eigenvalue weighted by Gasteiger charge is -2.33. The minimum atomic E-state index is -0.304. The molecule has 0 atom stereocenters. The van der Waals surface area contributed by atoms with Gasteiger partial charge in [-0.2, -0.15) is 10.5 Å². The van der Waals surface area contributed by atoms with Crippen LogP contribution in [-0.4, -0.2) is 25.8 Å². The fraction of sp³-hybridized carbons (Fsp3) is 0.155. The van der Waals surface area contributed by atoms with Gasteiger partial charge in [-0.15, -0.1) is 0 Å². The lowest BCUT2D eigenvalue weighted by molar-refractivity contribution is 0.464. The van der Waals surface area contributed by atoms with Crippen molar-refractivity contribution < 1.29 is 9.47 Å². The predicted molar refractivity (Wildman–Crippen MR) is 331 cm³/mol. The van der Waals surface area contributed by atoms with Gasteiger partial charge in [0.25, 0.3) is 6.71 Å². The number of halogens is 1. The van der Waals surface area contributed by atoms with E-state index in [9.17, 15) is 10.5 Å². The van der Waals surface area contributed by atoms with Crippen LogP contribution >= 0.6 is 11.6 Å². The highest BCUT2D eigenvalue weighted by atomic mass is 35.5. The molecular weight excluding hydrogens is 1020 g/mol. The van der Waals surface area contributed by atoms with Gasteiger partial charge < -0.3 is 9.47 Å². The third-order valence-electron chi connectivity index (χ3n) is 16.5. The van der Waals surface area contributed by atoms with Gasteiger partial charge in [-0.05, 0) is 188 Å². The smallest absolute Gasteiger partial charge is 0.260 e. The summed E-state index contributed by atoms with van der Waals surface area (Å²) in [6.07, 6.45) is 0. The Kier molecular flexibility index (Phi) is 11.3. The number of nitrogens with zero attached hydrogens (tertiary/aromatic N) is 6. The summed E-state index contributed by atoms with van der Waals surface area (Å²) in [4.78, 5) is 11.0. The Morgan fingerprint density at radius 3 is 1.47 bits per heavy atom. The Hall–Kier alpha value is -9.41. The average molecular weight is 1070 g/mol. The predicted octanol–water partition coefficient (Wildman–Crippen LogP) is 16.5. The average Bonchev–Trinajstić information content (AvgIpc) is 4.24. The second-order valence-electron chi connectivity index (χ2n) is 24.0. The van der Waals surface area contributed by atoms with Crippen LogP contribution < -0.4 is 25.9 Å². The molecule has 12 aromatic rings. The van der Waals surface area contributed by atoms with Crippen LogP contribution in [0.15, 0.2) is 176 Å². The van der Waals surface area contributed by atoms with E-state index in [-0.39, 0.29) is 17.5 Å². The summed E-state index contributed by atoms with van der Waals surface area (Å²) in [7, 11) is 0. The van der Waals surface area contributed by atoms with Crippen molar-refractivity contribution in [1.82, 2.24) is 19.1 Å². The maximum absolute atomic E-state index is 10.1. The zero-order chi connectivity index (χ0) is 55.8. The van der Waals surface area contributed by atoms with Gasteiger partial charge in [0, 0.05) is 32.0 Å². The number of hydrogen-bond donors (Lipinski definition) is 0. The van der Waals surface area contributed by atoms with Crippen LogP contribution in [-0.2, 0) is 10.8 Å². The molecule has 8 aromatic carbocycles. The molecule has 14 rings (SSSR count). The molecule has 0 N–H and O–H groups in total. The maximum Gasteiger partial charge on any atom is 0.260 e. The molecule has 6 heterocycles. The third-order valence-corrected chi connectivity index (χ3v) is 16.7. The van der Waals surface area contributed by atoms with Crippen LogP contribution in [0.5, 0.6) is 23.0 Å². The number of rotatable bonds is 6. The van der Waals surface area contributed by atoms with E-state index in [0.717, 1.165) is 117 Å². The van der Waals surface area contributed by atoms with Crippen molar-refractivity contribution in [1.29, 1.82) is 10.5 Å². The highest BCUT2D eigenvalue weighted by Gasteiger charge is 2.41. The molecule has 2 aliphatic heterocycles. The molecule has 0 unspecified atom stereocenters. The first-order valence-electron chi connectivity index (χ1n) is 27.6. The van der Waals surface area contributed by atoms with E-state index in [1.54, 1.807) is 0 Å². The number of aromatic nitrogens is 4. The molecular formula is C71H54BClN6O2. The van der Waals surface area contributed by atoms with Crippen molar-refractivity contribution in [3.63, 3.8) is 0 Å². The van der Waals surface area contributed by atoms with Crippen molar-refractivity contribution in [2.45, 2.75) is 72.1 Å². The zero-order valence-corrected chi connectivity index (χ0v) is 47.0. The summed E-state index contributed by atoms with van der Waals surface area (Å²) in [6, 6.07) is 65.8. The fourth-order valence-electron chi connectivity index (χ4n) is 12.1. The van der Waals surface area contributed by atoms with E-state index in [2.05, 4.69) is 198 Å². The number of nitriles is 2. The first kappa shape index (κ1) is 49.9. The van der Waals surface area contributed by atoms with Crippen LogP contribution in [0.25, 0.3) is 88.9 Å². The van der Waals surface area contributed by atoms with Crippen LogP contribution in [0.4, 0.5) is 0 Å². The number of pyridine rings is 2. The lowest BCUT2D eigenvalue weighted by Crippen LogP contribution is -2.57. The van der Waals surface area contributed by atoms with Gasteiger partial charge in [-0.25, -0.2) is 9.97 Å². The standard InChI is InChI=1S/C71H54BClN6O2/c1-40(2)43-14-16-44(17-15-43)47-32-58(77-68(33-47)79-60-23-13-42(39-75)29-52(60)54-35-49(71(6,7)8)21-25-62(54)79)46-19-27-64-56(31-46)72-55-30-45(18-26-63(55)80-65-36-50(73)37-66(81-64)69(65)72)57-10-9-11-67(76-57)78-59-22-12-41(38-74)28-51(59)53-34-48(70(3,4)5)20-24-61(53)78/h9-37,40H,1-8H3. The summed E-state index contributed by atoms with van der Waals surface area (Å²) in [5, 5.41) is 24.8. The van der Waals surface area contributed by atoms with E-state index in [4.69, 9.17) is 31.0 Å². The third kappa shape index (κ3) is 8.26. The summed E-state index contributed by atoms with van der Waals surface area (Å²) < 4.78 is 18.0. The summed E-state index contributed by atoms with van der Waals surface area (Å²) >= 11 is 6.82. The molecule has 0 aliphatic carbocycles. The number of hydrogen-bond acceptors (Lipinski definition) is 6. The Morgan fingerprint density at radius 2 is 0.951 bits per heavy atom. The molecule has 0 fully saturated rings. The largest absolute Gasteiger partial charge is 0.458 e. The van der Waals surface area contributed by atoms with Crippen molar-refractivity contribution in [3.05, 3.63) is 209 Å². The molecule has 0 amide bonds. The van der Waals surface area contributed by atoms with Gasteiger partial charge in [0.2, 0.25) is 0 Å². The van der Waals surface area contributed by atoms with Crippen LogP contribution in [0.3, 0.4) is 0 Å². The highest BCUT2D eigenvalue weighted by molar-refractivity contribution is 6.98. The molecule has 2 aliphatic rings. The van der Waals surface area contributed by atoms with Gasteiger partial charge >= 0.3 is 0 Å². The molecule has 81 heavy (non-hydrogen) atoms. The van der Waals surface area contributed by atoms with E-state index >= 15 is 0 Å². The summed E-state index contributed by atoms with van der Waals surface area (Å²) in [5.74, 6) is 4.65. The van der Waals surface area contributed by atoms with Gasteiger partial charge in [0.1, 0.15) is 34.6 Å². The Balaban J connectivity index is 0.930.